The van der Waals surface area contributed by atoms with E-state index in [2.05, 4.69) is 10.0 Å². The maximum absolute atomic E-state index is 12.8. The molecule has 0 heterocycles. The predicted octanol–water partition coefficient (Wildman–Crippen LogP) is 2.42. The van der Waals surface area contributed by atoms with Crippen LogP contribution < -0.4 is 10.0 Å². The van der Waals surface area contributed by atoms with E-state index in [1.807, 2.05) is 0 Å². The highest BCUT2D eigenvalue weighted by molar-refractivity contribution is 7.88. The van der Waals surface area contributed by atoms with E-state index in [0.717, 1.165) is 31.9 Å². The summed E-state index contributed by atoms with van der Waals surface area (Å²) >= 11 is 0. The first kappa shape index (κ1) is 18.0. The Balaban J connectivity index is 1.82. The lowest BCUT2D eigenvalue weighted by Gasteiger charge is -2.32. The SMILES string of the molecule is CS(=O)(=O)N[C@@H]1CCC[C@@H]1CN[C@@H]1CCC[C@H](C(F)(F)F)C1. The number of sulfonamides is 1. The monoisotopic (exact) mass is 342 g/mol. The highest BCUT2D eigenvalue weighted by Crippen LogP contribution is 2.37. The van der Waals surface area contributed by atoms with Crippen LogP contribution in [0.15, 0.2) is 0 Å². The summed E-state index contributed by atoms with van der Waals surface area (Å²) in [5, 5.41) is 3.25. The van der Waals surface area contributed by atoms with Gasteiger partial charge in [0, 0.05) is 12.1 Å². The largest absolute Gasteiger partial charge is 0.391 e. The van der Waals surface area contributed by atoms with Crippen LogP contribution in [-0.4, -0.2) is 39.5 Å². The van der Waals surface area contributed by atoms with Gasteiger partial charge in [0.05, 0.1) is 12.2 Å². The fraction of sp³-hybridized carbons (Fsp3) is 1.00. The molecule has 0 amide bonds. The van der Waals surface area contributed by atoms with E-state index in [-0.39, 0.29) is 30.8 Å². The van der Waals surface area contributed by atoms with Gasteiger partial charge in [-0.25, -0.2) is 13.1 Å². The Morgan fingerprint density at radius 1 is 1.09 bits per heavy atom. The Hall–Kier alpha value is -0.340. The molecule has 2 fully saturated rings. The molecule has 0 radical (unpaired) electrons. The summed E-state index contributed by atoms with van der Waals surface area (Å²) in [6.45, 7) is 0.586. The van der Waals surface area contributed by atoms with Crippen LogP contribution in [0.1, 0.15) is 44.9 Å². The van der Waals surface area contributed by atoms with Gasteiger partial charge in [-0.3, -0.25) is 0 Å². The minimum atomic E-state index is -4.10. The number of hydrogen-bond donors (Lipinski definition) is 2. The molecule has 130 valence electrons. The number of halogens is 3. The van der Waals surface area contributed by atoms with Crippen molar-refractivity contribution < 1.29 is 21.6 Å². The molecule has 2 aliphatic rings. The molecular weight excluding hydrogens is 317 g/mol. The van der Waals surface area contributed by atoms with Crippen molar-refractivity contribution in [2.24, 2.45) is 11.8 Å². The Morgan fingerprint density at radius 2 is 1.77 bits per heavy atom. The molecule has 2 saturated carbocycles. The lowest BCUT2D eigenvalue weighted by Crippen LogP contribution is -2.44. The van der Waals surface area contributed by atoms with E-state index in [9.17, 15) is 21.6 Å². The molecule has 0 aromatic rings. The number of alkyl halides is 3. The third-order valence-electron chi connectivity index (χ3n) is 4.83. The van der Waals surface area contributed by atoms with E-state index >= 15 is 0 Å². The third-order valence-corrected chi connectivity index (χ3v) is 5.56. The van der Waals surface area contributed by atoms with Gasteiger partial charge >= 0.3 is 6.18 Å². The summed E-state index contributed by atoms with van der Waals surface area (Å²) in [6, 6.07) is -0.204. The van der Waals surface area contributed by atoms with Crippen LogP contribution in [0.4, 0.5) is 13.2 Å². The standard InChI is InChI=1S/C14H25F3N2O2S/c1-22(20,21)19-13-7-2-4-10(13)9-18-12-6-3-5-11(8-12)14(15,16)17/h10-13,18-19H,2-9H2,1H3/t10-,11+,12-,13-/m1/s1. The molecule has 22 heavy (non-hydrogen) atoms. The first-order valence-electron chi connectivity index (χ1n) is 7.92. The summed E-state index contributed by atoms with van der Waals surface area (Å²) < 4.78 is 63.7. The van der Waals surface area contributed by atoms with Crippen molar-refractivity contribution in [3.8, 4) is 0 Å². The van der Waals surface area contributed by atoms with Crippen molar-refractivity contribution in [1.29, 1.82) is 0 Å². The van der Waals surface area contributed by atoms with Crippen LogP contribution in [0, 0.1) is 11.8 Å². The Labute approximate surface area is 130 Å². The van der Waals surface area contributed by atoms with E-state index in [1.165, 1.54) is 0 Å². The fourth-order valence-electron chi connectivity index (χ4n) is 3.70. The second-order valence-corrected chi connectivity index (χ2v) is 8.48. The van der Waals surface area contributed by atoms with E-state index < -0.39 is 22.1 Å². The van der Waals surface area contributed by atoms with Gasteiger partial charge in [0.25, 0.3) is 0 Å². The summed E-state index contributed by atoms with van der Waals surface area (Å²) in [4.78, 5) is 0. The first-order chi connectivity index (χ1) is 10.1. The maximum atomic E-state index is 12.8. The molecule has 2 aliphatic carbocycles. The van der Waals surface area contributed by atoms with Crippen LogP contribution in [0.5, 0.6) is 0 Å². The highest BCUT2D eigenvalue weighted by Gasteiger charge is 2.42. The number of rotatable bonds is 5. The second-order valence-electron chi connectivity index (χ2n) is 6.70. The zero-order valence-electron chi connectivity index (χ0n) is 12.8. The van der Waals surface area contributed by atoms with Crippen molar-refractivity contribution in [3.63, 3.8) is 0 Å². The van der Waals surface area contributed by atoms with Gasteiger partial charge in [0.2, 0.25) is 10.0 Å². The Kier molecular flexibility index (Phi) is 5.77. The van der Waals surface area contributed by atoms with Crippen LogP contribution in [0.25, 0.3) is 0 Å². The van der Waals surface area contributed by atoms with Gasteiger partial charge in [-0.15, -0.1) is 0 Å². The lowest BCUT2D eigenvalue weighted by atomic mass is 9.85. The average molecular weight is 342 g/mol. The molecule has 0 spiro atoms. The molecule has 2 N–H and O–H groups in total. The predicted molar refractivity (Wildman–Crippen MR) is 78.9 cm³/mol. The van der Waals surface area contributed by atoms with E-state index in [4.69, 9.17) is 0 Å². The quantitative estimate of drug-likeness (QED) is 0.807. The zero-order chi connectivity index (χ0) is 16.4. The van der Waals surface area contributed by atoms with Crippen LogP contribution in [-0.2, 0) is 10.0 Å². The highest BCUT2D eigenvalue weighted by atomic mass is 32.2. The van der Waals surface area contributed by atoms with Crippen molar-refractivity contribution in [3.05, 3.63) is 0 Å². The molecule has 0 bridgehead atoms. The molecule has 4 nitrogen and oxygen atoms in total. The number of hydrogen-bond acceptors (Lipinski definition) is 3. The van der Waals surface area contributed by atoms with Gasteiger partial charge in [-0.2, -0.15) is 13.2 Å². The van der Waals surface area contributed by atoms with Crippen LogP contribution in [0.2, 0.25) is 0 Å². The number of nitrogens with one attached hydrogen (secondary N) is 2. The molecule has 0 unspecified atom stereocenters. The third kappa shape index (κ3) is 5.38. The molecule has 0 aromatic carbocycles. The van der Waals surface area contributed by atoms with E-state index in [1.54, 1.807) is 0 Å². The molecule has 4 atom stereocenters. The summed E-state index contributed by atoms with van der Waals surface area (Å²) in [5.74, 6) is -1.03. The van der Waals surface area contributed by atoms with E-state index in [0.29, 0.717) is 13.0 Å². The van der Waals surface area contributed by atoms with Gasteiger partial charge in [-0.05, 0) is 44.6 Å². The molecule has 0 aromatic heterocycles. The lowest BCUT2D eigenvalue weighted by molar-refractivity contribution is -0.183. The van der Waals surface area contributed by atoms with Crippen molar-refractivity contribution in [2.45, 2.75) is 63.2 Å². The minimum absolute atomic E-state index is 0.0931. The molecular formula is C14H25F3N2O2S. The maximum Gasteiger partial charge on any atom is 0.391 e. The smallest absolute Gasteiger partial charge is 0.314 e. The Morgan fingerprint density at radius 3 is 2.41 bits per heavy atom. The zero-order valence-corrected chi connectivity index (χ0v) is 13.6. The van der Waals surface area contributed by atoms with Crippen LogP contribution in [0.3, 0.4) is 0 Å². The summed E-state index contributed by atoms with van der Waals surface area (Å²) in [5.41, 5.74) is 0. The van der Waals surface area contributed by atoms with Gasteiger partial charge < -0.3 is 5.32 Å². The van der Waals surface area contributed by atoms with Crippen molar-refractivity contribution in [1.82, 2.24) is 10.0 Å². The second kappa shape index (κ2) is 7.05. The Bertz CT molecular complexity index is 467. The van der Waals surface area contributed by atoms with Gasteiger partial charge in [-0.1, -0.05) is 12.8 Å². The first-order valence-corrected chi connectivity index (χ1v) is 9.81. The van der Waals surface area contributed by atoms with Crippen molar-refractivity contribution >= 4 is 10.0 Å². The minimum Gasteiger partial charge on any atom is -0.314 e. The molecule has 2 rings (SSSR count). The molecule has 0 aliphatic heterocycles. The summed E-state index contributed by atoms with van der Waals surface area (Å²) in [7, 11) is -3.24. The molecule has 8 heteroatoms. The normalized spacial score (nSPS) is 34.0. The molecule has 0 saturated heterocycles. The van der Waals surface area contributed by atoms with Gasteiger partial charge in [0.1, 0.15) is 0 Å². The fourth-order valence-corrected chi connectivity index (χ4v) is 4.56. The van der Waals surface area contributed by atoms with Gasteiger partial charge in [0.15, 0.2) is 0 Å². The van der Waals surface area contributed by atoms with Crippen molar-refractivity contribution in [2.75, 3.05) is 12.8 Å². The summed E-state index contributed by atoms with van der Waals surface area (Å²) in [6.07, 6.45) is 1.43. The average Bonchev–Trinajstić information content (AvgIpc) is 2.81. The van der Waals surface area contributed by atoms with Crippen LogP contribution >= 0.6 is 0 Å². The topological polar surface area (TPSA) is 58.2 Å².